The number of ether oxygens (including phenoxy) is 2. The van der Waals surface area contributed by atoms with E-state index in [0.717, 1.165) is 41.2 Å². The molecule has 0 aromatic heterocycles. The molecule has 0 saturated heterocycles. The lowest BCUT2D eigenvalue weighted by atomic mass is 9.77. The SMILES string of the molecule is COc1ccc([C@H]2[C@@H]3CCc4c(OC)cccc4C3=NN2C(C)=O)cc1. The summed E-state index contributed by atoms with van der Waals surface area (Å²) >= 11 is 0. The summed E-state index contributed by atoms with van der Waals surface area (Å²) in [7, 11) is 3.35. The maximum absolute atomic E-state index is 12.3. The van der Waals surface area contributed by atoms with E-state index in [1.807, 2.05) is 36.4 Å². The first-order chi connectivity index (χ1) is 12.6. The van der Waals surface area contributed by atoms with Gasteiger partial charge in [0.05, 0.1) is 26.0 Å². The van der Waals surface area contributed by atoms with E-state index in [2.05, 4.69) is 6.07 Å². The minimum Gasteiger partial charge on any atom is -0.497 e. The van der Waals surface area contributed by atoms with E-state index in [1.54, 1.807) is 26.2 Å². The molecule has 4 rings (SSSR count). The lowest BCUT2D eigenvalue weighted by Gasteiger charge is -2.29. The number of amides is 1. The highest BCUT2D eigenvalue weighted by molar-refractivity contribution is 6.07. The van der Waals surface area contributed by atoms with Crippen molar-refractivity contribution in [1.29, 1.82) is 0 Å². The third kappa shape index (κ3) is 2.55. The van der Waals surface area contributed by atoms with E-state index >= 15 is 0 Å². The Bertz CT molecular complexity index is 873. The number of methoxy groups -OCH3 is 2. The number of rotatable bonds is 3. The smallest absolute Gasteiger partial charge is 0.240 e. The zero-order valence-corrected chi connectivity index (χ0v) is 15.2. The largest absolute Gasteiger partial charge is 0.497 e. The summed E-state index contributed by atoms with van der Waals surface area (Å²) in [5.74, 6) is 1.84. The summed E-state index contributed by atoms with van der Waals surface area (Å²) in [5.41, 5.74) is 4.35. The Morgan fingerprint density at radius 2 is 1.88 bits per heavy atom. The normalized spacial score (nSPS) is 20.9. The summed E-state index contributed by atoms with van der Waals surface area (Å²) in [6.45, 7) is 1.57. The molecule has 0 bridgehead atoms. The van der Waals surface area contributed by atoms with Crippen molar-refractivity contribution in [2.75, 3.05) is 14.2 Å². The first-order valence-electron chi connectivity index (χ1n) is 8.82. The molecule has 5 nitrogen and oxygen atoms in total. The summed E-state index contributed by atoms with van der Waals surface area (Å²) in [5, 5.41) is 6.38. The van der Waals surface area contributed by atoms with E-state index < -0.39 is 0 Å². The van der Waals surface area contributed by atoms with Crippen LogP contribution in [0.4, 0.5) is 0 Å². The van der Waals surface area contributed by atoms with Gasteiger partial charge in [-0.15, -0.1) is 0 Å². The van der Waals surface area contributed by atoms with Gasteiger partial charge in [-0.25, -0.2) is 5.01 Å². The van der Waals surface area contributed by atoms with Crippen molar-refractivity contribution in [3.8, 4) is 11.5 Å². The van der Waals surface area contributed by atoms with Crippen LogP contribution < -0.4 is 9.47 Å². The Labute approximate surface area is 153 Å². The maximum Gasteiger partial charge on any atom is 0.240 e. The predicted molar refractivity (Wildman–Crippen MR) is 99.6 cm³/mol. The van der Waals surface area contributed by atoms with Crippen LogP contribution in [0.5, 0.6) is 11.5 Å². The molecule has 2 aromatic carbocycles. The zero-order chi connectivity index (χ0) is 18.3. The molecular weight excluding hydrogens is 328 g/mol. The molecule has 26 heavy (non-hydrogen) atoms. The lowest BCUT2D eigenvalue weighted by Crippen LogP contribution is -2.31. The van der Waals surface area contributed by atoms with Gasteiger partial charge in [0.2, 0.25) is 5.91 Å². The van der Waals surface area contributed by atoms with Crippen LogP contribution in [0.15, 0.2) is 47.6 Å². The third-order valence-electron chi connectivity index (χ3n) is 5.33. The molecule has 5 heteroatoms. The van der Waals surface area contributed by atoms with Gasteiger partial charge in [0.1, 0.15) is 11.5 Å². The number of benzene rings is 2. The van der Waals surface area contributed by atoms with Crippen molar-refractivity contribution < 1.29 is 14.3 Å². The number of hydrogen-bond donors (Lipinski definition) is 0. The van der Waals surface area contributed by atoms with Crippen molar-refractivity contribution >= 4 is 11.6 Å². The summed E-state index contributed by atoms with van der Waals surface area (Å²) < 4.78 is 10.8. The Morgan fingerprint density at radius 1 is 1.12 bits per heavy atom. The molecule has 1 aliphatic carbocycles. The van der Waals surface area contributed by atoms with Crippen LogP contribution in [-0.2, 0) is 11.2 Å². The standard InChI is InChI=1S/C21H22N2O3/c1-13(24)23-21(14-7-9-15(25-2)10-8-14)18-12-11-16-17(20(18)22-23)5-4-6-19(16)26-3/h4-10,18,21H,11-12H2,1-3H3/t18-,21+/m1/s1. The molecule has 2 aliphatic rings. The topological polar surface area (TPSA) is 51.1 Å². The van der Waals surface area contributed by atoms with Gasteiger partial charge < -0.3 is 9.47 Å². The molecule has 0 radical (unpaired) electrons. The molecular formula is C21H22N2O3. The van der Waals surface area contributed by atoms with Gasteiger partial charge in [-0.05, 0) is 36.6 Å². The Morgan fingerprint density at radius 3 is 2.54 bits per heavy atom. The maximum atomic E-state index is 12.3. The van der Waals surface area contributed by atoms with Crippen molar-refractivity contribution in [3.63, 3.8) is 0 Å². The molecule has 134 valence electrons. The minimum absolute atomic E-state index is 0.0443. The van der Waals surface area contributed by atoms with Crippen LogP contribution in [0.3, 0.4) is 0 Å². The summed E-state index contributed by atoms with van der Waals surface area (Å²) in [4.78, 5) is 12.3. The van der Waals surface area contributed by atoms with Gasteiger partial charge >= 0.3 is 0 Å². The fraction of sp³-hybridized carbons (Fsp3) is 0.333. The van der Waals surface area contributed by atoms with Crippen molar-refractivity contribution in [1.82, 2.24) is 5.01 Å². The molecule has 0 saturated carbocycles. The van der Waals surface area contributed by atoms with E-state index in [1.165, 1.54) is 5.56 Å². The molecule has 0 spiro atoms. The predicted octanol–water partition coefficient (Wildman–Crippen LogP) is 3.57. The van der Waals surface area contributed by atoms with Crippen molar-refractivity contribution in [2.45, 2.75) is 25.8 Å². The van der Waals surface area contributed by atoms with Crippen molar-refractivity contribution in [2.24, 2.45) is 11.0 Å². The first kappa shape index (κ1) is 16.6. The van der Waals surface area contributed by atoms with Crippen LogP contribution in [0.25, 0.3) is 0 Å². The van der Waals surface area contributed by atoms with Crippen LogP contribution in [-0.4, -0.2) is 30.8 Å². The van der Waals surface area contributed by atoms with Gasteiger partial charge in [-0.2, -0.15) is 5.10 Å². The average Bonchev–Trinajstić information content (AvgIpc) is 3.08. The van der Waals surface area contributed by atoms with Crippen LogP contribution in [0, 0.1) is 5.92 Å². The van der Waals surface area contributed by atoms with Gasteiger partial charge in [0, 0.05) is 24.0 Å². The van der Waals surface area contributed by atoms with Gasteiger partial charge in [-0.3, -0.25) is 4.79 Å². The molecule has 0 unspecified atom stereocenters. The third-order valence-corrected chi connectivity index (χ3v) is 5.33. The molecule has 2 aromatic rings. The average molecular weight is 350 g/mol. The number of hydrogen-bond acceptors (Lipinski definition) is 4. The highest BCUT2D eigenvalue weighted by atomic mass is 16.5. The van der Waals surface area contributed by atoms with E-state index in [-0.39, 0.29) is 17.9 Å². The number of carbonyl (C=O) groups excluding carboxylic acids is 1. The van der Waals surface area contributed by atoms with Gasteiger partial charge in [0.25, 0.3) is 0 Å². The quantitative estimate of drug-likeness (QED) is 0.850. The van der Waals surface area contributed by atoms with E-state index in [4.69, 9.17) is 14.6 Å². The molecule has 2 atom stereocenters. The number of hydrazone groups is 1. The Hall–Kier alpha value is -2.82. The van der Waals surface area contributed by atoms with Gasteiger partial charge in [-0.1, -0.05) is 24.3 Å². The second-order valence-corrected chi connectivity index (χ2v) is 6.70. The summed E-state index contributed by atoms with van der Waals surface area (Å²) in [6, 6.07) is 13.9. The van der Waals surface area contributed by atoms with E-state index in [0.29, 0.717) is 0 Å². The van der Waals surface area contributed by atoms with Crippen LogP contribution >= 0.6 is 0 Å². The molecule has 0 N–H and O–H groups in total. The zero-order valence-electron chi connectivity index (χ0n) is 15.2. The molecule has 0 fully saturated rings. The van der Waals surface area contributed by atoms with Gasteiger partial charge in [0.15, 0.2) is 0 Å². The fourth-order valence-electron chi connectivity index (χ4n) is 4.12. The van der Waals surface area contributed by atoms with Crippen LogP contribution in [0.1, 0.15) is 36.1 Å². The van der Waals surface area contributed by atoms with Crippen LogP contribution in [0.2, 0.25) is 0 Å². The van der Waals surface area contributed by atoms with E-state index in [9.17, 15) is 4.79 Å². The Kier molecular flexibility index (Phi) is 4.15. The fourth-order valence-corrected chi connectivity index (χ4v) is 4.12. The second kappa shape index (κ2) is 6.48. The highest BCUT2D eigenvalue weighted by Gasteiger charge is 2.43. The Balaban J connectivity index is 1.78. The second-order valence-electron chi connectivity index (χ2n) is 6.70. The first-order valence-corrected chi connectivity index (χ1v) is 8.82. The number of carbonyl (C=O) groups is 1. The number of fused-ring (bicyclic) bond motifs is 3. The monoisotopic (exact) mass is 350 g/mol. The number of nitrogens with zero attached hydrogens (tertiary/aromatic N) is 2. The summed E-state index contributed by atoms with van der Waals surface area (Å²) in [6.07, 6.45) is 1.86. The molecule has 1 heterocycles. The van der Waals surface area contributed by atoms with Crippen molar-refractivity contribution in [3.05, 3.63) is 59.2 Å². The molecule has 1 aliphatic heterocycles. The minimum atomic E-state index is -0.0762. The highest BCUT2D eigenvalue weighted by Crippen LogP contribution is 2.45. The lowest BCUT2D eigenvalue weighted by molar-refractivity contribution is -0.131. The molecule has 1 amide bonds.